The smallest absolute Gasteiger partial charge is 0.369 e. The molecule has 2 aromatic rings. The van der Waals surface area contributed by atoms with Crippen LogP contribution in [0.2, 0.25) is 5.02 Å². The second kappa shape index (κ2) is 7.93. The molecule has 2 heterocycles. The Morgan fingerprint density at radius 3 is 2.45 bits per heavy atom. The minimum absolute atomic E-state index is 0.102. The fourth-order valence-electron chi connectivity index (χ4n) is 5.38. The van der Waals surface area contributed by atoms with Crippen LogP contribution in [0.4, 0.5) is 18.9 Å². The SMILES string of the molecule is NC1=NC2(CCCCC2)N(c2cccc(Cl)c2-n2nc(C(F)(F)F)c3c2CCCC3)C(N)=N1. The summed E-state index contributed by atoms with van der Waals surface area (Å²) in [6.45, 7) is 0. The van der Waals surface area contributed by atoms with Crippen LogP contribution >= 0.6 is 11.6 Å². The van der Waals surface area contributed by atoms with Gasteiger partial charge in [-0.3, -0.25) is 4.90 Å². The van der Waals surface area contributed by atoms with Crippen molar-refractivity contribution in [2.75, 3.05) is 4.90 Å². The number of benzene rings is 1. The van der Waals surface area contributed by atoms with Crippen molar-refractivity contribution in [2.45, 2.75) is 69.6 Å². The molecule has 1 saturated carbocycles. The zero-order valence-electron chi connectivity index (χ0n) is 18.0. The summed E-state index contributed by atoms with van der Waals surface area (Å²) in [5.41, 5.74) is 12.4. The standard InChI is InChI=1S/C22H25ClF3N7/c23-14-8-6-10-16(32-20(28)29-19(27)30-21(32)11-4-1-5-12-21)17(14)33-15-9-3-2-7-13(15)18(31-33)22(24,25)26/h6,8,10H,1-5,7,9,11-12H2,(H4,27,28,29,30). The van der Waals surface area contributed by atoms with Crippen LogP contribution in [0.3, 0.4) is 0 Å². The molecule has 1 spiro atoms. The van der Waals surface area contributed by atoms with Crippen molar-refractivity contribution >= 4 is 29.2 Å². The third-order valence-corrected chi connectivity index (χ3v) is 7.02. The Morgan fingerprint density at radius 2 is 1.73 bits per heavy atom. The number of nitrogens with zero attached hydrogens (tertiary/aromatic N) is 5. The maximum absolute atomic E-state index is 13.9. The summed E-state index contributed by atoms with van der Waals surface area (Å²) in [5, 5.41) is 4.34. The topological polar surface area (TPSA) is 97.8 Å². The lowest BCUT2D eigenvalue weighted by Crippen LogP contribution is -2.58. The number of hydrogen-bond acceptors (Lipinski definition) is 6. The largest absolute Gasteiger partial charge is 0.435 e. The van der Waals surface area contributed by atoms with E-state index in [1.54, 1.807) is 23.1 Å². The first-order valence-corrected chi connectivity index (χ1v) is 11.6. The Labute approximate surface area is 194 Å². The highest BCUT2D eigenvalue weighted by Crippen LogP contribution is 2.44. The molecule has 7 nitrogen and oxygen atoms in total. The van der Waals surface area contributed by atoms with E-state index in [-0.39, 0.29) is 22.5 Å². The van der Waals surface area contributed by atoms with Crippen molar-refractivity contribution < 1.29 is 13.2 Å². The predicted octanol–water partition coefficient (Wildman–Crippen LogP) is 4.53. The Morgan fingerprint density at radius 1 is 1.00 bits per heavy atom. The lowest BCUT2D eigenvalue weighted by Gasteiger charge is -2.46. The van der Waals surface area contributed by atoms with E-state index >= 15 is 0 Å². The van der Waals surface area contributed by atoms with Crippen molar-refractivity contribution in [3.8, 4) is 5.69 Å². The van der Waals surface area contributed by atoms with Crippen molar-refractivity contribution in [3.63, 3.8) is 0 Å². The van der Waals surface area contributed by atoms with Crippen LogP contribution in [0.25, 0.3) is 5.69 Å². The van der Waals surface area contributed by atoms with Gasteiger partial charge in [0, 0.05) is 11.3 Å². The average Bonchev–Trinajstić information content (AvgIpc) is 3.14. The van der Waals surface area contributed by atoms with Gasteiger partial charge < -0.3 is 11.5 Å². The number of para-hydroxylation sites is 1. The van der Waals surface area contributed by atoms with E-state index in [0.717, 1.165) is 25.7 Å². The van der Waals surface area contributed by atoms with E-state index < -0.39 is 17.5 Å². The Hall–Kier alpha value is -2.75. The molecule has 0 atom stereocenters. The molecule has 33 heavy (non-hydrogen) atoms. The summed E-state index contributed by atoms with van der Waals surface area (Å²) >= 11 is 6.64. The van der Waals surface area contributed by atoms with Crippen molar-refractivity contribution in [3.05, 3.63) is 40.2 Å². The van der Waals surface area contributed by atoms with Crippen LogP contribution in [0.15, 0.2) is 28.2 Å². The van der Waals surface area contributed by atoms with Gasteiger partial charge in [-0.15, -0.1) is 0 Å². The maximum Gasteiger partial charge on any atom is 0.435 e. The van der Waals surface area contributed by atoms with Crippen LogP contribution in [-0.2, 0) is 19.0 Å². The molecule has 0 amide bonds. The highest BCUT2D eigenvalue weighted by atomic mass is 35.5. The summed E-state index contributed by atoms with van der Waals surface area (Å²) in [4.78, 5) is 10.6. The molecular formula is C22H25ClF3N7. The molecule has 1 aromatic carbocycles. The van der Waals surface area contributed by atoms with Gasteiger partial charge in [-0.25, -0.2) is 9.67 Å². The third-order valence-electron chi connectivity index (χ3n) is 6.72. The maximum atomic E-state index is 13.9. The number of rotatable bonds is 2. The lowest BCUT2D eigenvalue weighted by molar-refractivity contribution is -0.142. The van der Waals surface area contributed by atoms with Crippen LogP contribution < -0.4 is 16.4 Å². The Bertz CT molecular complexity index is 1150. The number of guanidine groups is 2. The average molecular weight is 480 g/mol. The minimum atomic E-state index is -4.55. The normalized spacial score (nSPS) is 20.4. The second-order valence-electron chi connectivity index (χ2n) is 8.82. The summed E-state index contributed by atoms with van der Waals surface area (Å²) in [7, 11) is 0. The van der Waals surface area contributed by atoms with Gasteiger partial charge in [-0.1, -0.05) is 24.1 Å². The first kappa shape index (κ1) is 22.1. The quantitative estimate of drug-likeness (QED) is 0.661. The zero-order chi connectivity index (χ0) is 23.4. The van der Waals surface area contributed by atoms with Gasteiger partial charge in [-0.2, -0.15) is 23.3 Å². The Kier molecular flexibility index (Phi) is 5.30. The molecule has 0 bridgehead atoms. The van der Waals surface area contributed by atoms with E-state index in [2.05, 4.69) is 15.1 Å². The molecule has 3 aliphatic rings. The second-order valence-corrected chi connectivity index (χ2v) is 9.22. The monoisotopic (exact) mass is 479 g/mol. The number of fused-ring (bicyclic) bond motifs is 1. The molecule has 11 heteroatoms. The van der Waals surface area contributed by atoms with E-state index in [0.29, 0.717) is 49.2 Å². The molecular weight excluding hydrogens is 455 g/mol. The molecule has 0 saturated heterocycles. The summed E-state index contributed by atoms with van der Waals surface area (Å²) in [6, 6.07) is 5.17. The molecule has 0 radical (unpaired) electrons. The lowest BCUT2D eigenvalue weighted by atomic mass is 9.87. The Balaban J connectivity index is 1.74. The van der Waals surface area contributed by atoms with Crippen molar-refractivity contribution in [1.82, 2.24) is 9.78 Å². The fourth-order valence-corrected chi connectivity index (χ4v) is 5.63. The first-order valence-electron chi connectivity index (χ1n) is 11.2. The molecule has 5 rings (SSSR count). The fraction of sp³-hybridized carbons (Fsp3) is 0.500. The van der Waals surface area contributed by atoms with Crippen LogP contribution in [0.1, 0.15) is 61.9 Å². The van der Waals surface area contributed by atoms with E-state index in [9.17, 15) is 13.2 Å². The number of aliphatic imine (C=N–C) groups is 2. The van der Waals surface area contributed by atoms with Crippen LogP contribution in [-0.4, -0.2) is 27.4 Å². The van der Waals surface area contributed by atoms with Gasteiger partial charge in [-0.05, 0) is 63.5 Å². The van der Waals surface area contributed by atoms with Crippen molar-refractivity contribution in [1.29, 1.82) is 0 Å². The summed E-state index contributed by atoms with van der Waals surface area (Å²) in [5.74, 6) is 0.245. The third kappa shape index (κ3) is 3.64. The van der Waals surface area contributed by atoms with Crippen LogP contribution in [0.5, 0.6) is 0 Å². The molecule has 4 N–H and O–H groups in total. The number of hydrogen-bond donors (Lipinski definition) is 2. The predicted molar refractivity (Wildman–Crippen MR) is 122 cm³/mol. The zero-order valence-corrected chi connectivity index (χ0v) is 18.8. The van der Waals surface area contributed by atoms with Gasteiger partial charge in [0.1, 0.15) is 11.4 Å². The van der Waals surface area contributed by atoms with Gasteiger partial charge in [0.15, 0.2) is 5.69 Å². The van der Waals surface area contributed by atoms with Gasteiger partial charge in [0.25, 0.3) is 0 Å². The first-order chi connectivity index (χ1) is 15.7. The molecule has 1 fully saturated rings. The number of halogens is 4. The van der Waals surface area contributed by atoms with E-state index in [1.807, 2.05) is 0 Å². The minimum Gasteiger partial charge on any atom is -0.369 e. The van der Waals surface area contributed by atoms with E-state index in [1.165, 1.54) is 4.68 Å². The van der Waals surface area contributed by atoms with E-state index in [4.69, 9.17) is 23.1 Å². The number of anilines is 1. The van der Waals surface area contributed by atoms with Gasteiger partial charge in [0.2, 0.25) is 11.9 Å². The number of alkyl halides is 3. The summed E-state index contributed by atoms with van der Waals surface area (Å²) < 4.78 is 42.9. The molecule has 0 unspecified atom stereocenters. The van der Waals surface area contributed by atoms with Gasteiger partial charge in [0.05, 0.1) is 10.7 Å². The highest BCUT2D eigenvalue weighted by molar-refractivity contribution is 6.33. The molecule has 176 valence electrons. The van der Waals surface area contributed by atoms with Crippen LogP contribution in [0, 0.1) is 0 Å². The molecule has 1 aromatic heterocycles. The van der Waals surface area contributed by atoms with Gasteiger partial charge >= 0.3 is 6.18 Å². The molecule has 1 aliphatic heterocycles. The number of aromatic nitrogens is 2. The highest BCUT2D eigenvalue weighted by Gasteiger charge is 2.45. The van der Waals surface area contributed by atoms with Crippen molar-refractivity contribution in [2.24, 2.45) is 21.5 Å². The summed E-state index contributed by atoms with van der Waals surface area (Å²) in [6.07, 6.45) is 2.05. The molecule has 2 aliphatic carbocycles. The number of nitrogens with two attached hydrogens (primary N) is 2.